The van der Waals surface area contributed by atoms with Crippen molar-refractivity contribution < 1.29 is 23.5 Å². The van der Waals surface area contributed by atoms with Crippen molar-refractivity contribution in [2.75, 3.05) is 32.6 Å². The van der Waals surface area contributed by atoms with Crippen LogP contribution in [0.2, 0.25) is 0 Å². The van der Waals surface area contributed by atoms with Crippen LogP contribution in [0.3, 0.4) is 0 Å². The highest BCUT2D eigenvalue weighted by atomic mass is 16.5. The Morgan fingerprint density at radius 2 is 2.15 bits per heavy atom. The second-order valence-electron chi connectivity index (χ2n) is 9.64. The molecule has 0 saturated carbocycles. The monoisotopic (exact) mass is 464 g/mol. The number of allylic oxidation sites excluding steroid dienone is 1. The molecule has 4 atom stereocenters. The van der Waals surface area contributed by atoms with E-state index < -0.39 is 5.54 Å². The topological polar surface area (TPSA) is 81.0 Å². The van der Waals surface area contributed by atoms with E-state index in [0.717, 1.165) is 54.7 Å². The first kappa shape index (κ1) is 22.7. The first-order chi connectivity index (χ1) is 16.4. The lowest BCUT2D eigenvalue weighted by Gasteiger charge is -2.45. The number of fused-ring (bicyclic) bond motifs is 3. The maximum Gasteiger partial charge on any atom is 0.195 e. The first-order valence-corrected chi connectivity index (χ1v) is 12.0. The molecule has 1 spiro atoms. The van der Waals surface area contributed by atoms with Gasteiger partial charge in [-0.1, -0.05) is 13.3 Å². The van der Waals surface area contributed by atoms with Crippen molar-refractivity contribution in [2.45, 2.75) is 44.7 Å². The zero-order chi connectivity index (χ0) is 24.0. The number of piperidine rings is 1. The summed E-state index contributed by atoms with van der Waals surface area (Å²) in [5.41, 5.74) is 3.13. The smallest absolute Gasteiger partial charge is 0.195 e. The maximum absolute atomic E-state index is 14.2. The van der Waals surface area contributed by atoms with Crippen LogP contribution < -0.4 is 10.1 Å². The summed E-state index contributed by atoms with van der Waals surface area (Å²) < 4.78 is 16.3. The van der Waals surface area contributed by atoms with Gasteiger partial charge in [-0.2, -0.15) is 0 Å². The van der Waals surface area contributed by atoms with E-state index in [1.54, 1.807) is 39.9 Å². The van der Waals surface area contributed by atoms with E-state index in [0.29, 0.717) is 17.2 Å². The van der Waals surface area contributed by atoms with Gasteiger partial charge in [-0.25, -0.2) is 0 Å². The number of anilines is 1. The summed E-state index contributed by atoms with van der Waals surface area (Å²) in [6.45, 7) is 5.49. The fraction of sp³-hybridized carbons (Fsp3) is 0.481. The second kappa shape index (κ2) is 8.62. The number of hydrogen-bond acceptors (Lipinski definition) is 7. The van der Waals surface area contributed by atoms with Crippen molar-refractivity contribution in [3.05, 3.63) is 48.1 Å². The summed E-state index contributed by atoms with van der Waals surface area (Å²) in [5, 5.41) is 3.63. The Labute approximate surface area is 200 Å². The van der Waals surface area contributed by atoms with Gasteiger partial charge >= 0.3 is 0 Å². The van der Waals surface area contributed by atoms with E-state index in [4.69, 9.17) is 13.9 Å². The Morgan fingerprint density at radius 3 is 2.79 bits per heavy atom. The Hall–Kier alpha value is -3.06. The molecule has 2 saturated heterocycles. The van der Waals surface area contributed by atoms with E-state index >= 15 is 0 Å². The van der Waals surface area contributed by atoms with Gasteiger partial charge in [-0.05, 0) is 49.8 Å². The summed E-state index contributed by atoms with van der Waals surface area (Å²) in [4.78, 5) is 29.1. The van der Waals surface area contributed by atoms with Gasteiger partial charge in [0.1, 0.15) is 11.3 Å². The SMILES string of the molecule is CC[C@@H]1CN2CC[C@]3(Nc4ccc(-c5ccoc5)c(OC)c4C3=O)C2C[C@@H]1/C(=C\OC)C(C)=O. The largest absolute Gasteiger partial charge is 0.504 e. The molecule has 34 heavy (non-hydrogen) atoms. The highest BCUT2D eigenvalue weighted by Gasteiger charge is 2.59. The Bertz CT molecular complexity index is 1140. The molecule has 0 aliphatic carbocycles. The van der Waals surface area contributed by atoms with Gasteiger partial charge in [0.2, 0.25) is 0 Å². The predicted octanol–water partition coefficient (Wildman–Crippen LogP) is 4.54. The number of furan rings is 1. The van der Waals surface area contributed by atoms with Crippen LogP contribution in [-0.2, 0) is 9.53 Å². The van der Waals surface area contributed by atoms with E-state index in [9.17, 15) is 9.59 Å². The van der Waals surface area contributed by atoms with Crippen LogP contribution in [-0.4, -0.2) is 55.4 Å². The van der Waals surface area contributed by atoms with Crippen molar-refractivity contribution in [1.29, 1.82) is 0 Å². The quantitative estimate of drug-likeness (QED) is 0.496. The van der Waals surface area contributed by atoms with Crippen molar-refractivity contribution in [1.82, 2.24) is 4.90 Å². The van der Waals surface area contributed by atoms with Gasteiger partial charge in [-0.15, -0.1) is 0 Å². The summed E-state index contributed by atoms with van der Waals surface area (Å²) in [6, 6.07) is 5.80. The number of rotatable bonds is 6. The second-order valence-corrected chi connectivity index (χ2v) is 9.64. The van der Waals surface area contributed by atoms with Crippen LogP contribution in [0.1, 0.15) is 43.5 Å². The molecule has 4 heterocycles. The number of methoxy groups -OCH3 is 2. The molecule has 3 aliphatic rings. The molecular weight excluding hydrogens is 432 g/mol. The molecule has 1 aromatic heterocycles. The molecule has 0 radical (unpaired) electrons. The number of ether oxygens (including phenoxy) is 2. The normalized spacial score (nSPS) is 28.5. The van der Waals surface area contributed by atoms with Crippen molar-refractivity contribution in [3.8, 4) is 16.9 Å². The lowest BCUT2D eigenvalue weighted by Crippen LogP contribution is -2.57. The minimum atomic E-state index is -0.726. The van der Waals surface area contributed by atoms with Crippen LogP contribution in [0.4, 0.5) is 5.69 Å². The van der Waals surface area contributed by atoms with Gasteiger partial charge in [0.15, 0.2) is 11.6 Å². The molecule has 1 aromatic carbocycles. The van der Waals surface area contributed by atoms with Gasteiger partial charge in [0, 0.05) is 41.5 Å². The highest BCUT2D eigenvalue weighted by molar-refractivity contribution is 6.17. The summed E-state index contributed by atoms with van der Waals surface area (Å²) in [7, 11) is 3.19. The number of carbonyl (C=O) groups is 2. The molecule has 2 fully saturated rings. The van der Waals surface area contributed by atoms with Crippen LogP contribution in [0, 0.1) is 11.8 Å². The van der Waals surface area contributed by atoms with Crippen LogP contribution in [0.25, 0.3) is 11.1 Å². The van der Waals surface area contributed by atoms with Crippen LogP contribution >= 0.6 is 0 Å². The van der Waals surface area contributed by atoms with Crippen molar-refractivity contribution >= 4 is 17.3 Å². The van der Waals surface area contributed by atoms with Gasteiger partial charge in [0.05, 0.1) is 38.6 Å². The van der Waals surface area contributed by atoms with Crippen LogP contribution in [0.15, 0.2) is 47.0 Å². The molecule has 1 unspecified atom stereocenters. The zero-order valence-electron chi connectivity index (χ0n) is 20.2. The summed E-state index contributed by atoms with van der Waals surface area (Å²) in [6.07, 6.45) is 7.31. The standard InChI is InChI=1S/C27H32N2O5/c1-5-17-13-29-10-9-27(23(29)12-20(17)21(15-32-3)16(2)30)26(31)24-22(28-27)7-6-19(25(24)33-4)18-8-11-34-14-18/h6-8,11,14-15,17,20,23,28H,5,9-10,12-13H2,1-4H3/b21-15-/t17-,20+,23?,27+/m1/s1. The minimum absolute atomic E-state index is 0.0121. The molecule has 7 nitrogen and oxygen atoms in total. The maximum atomic E-state index is 14.2. The summed E-state index contributed by atoms with van der Waals surface area (Å²) >= 11 is 0. The van der Waals surface area contributed by atoms with E-state index in [1.807, 2.05) is 18.2 Å². The molecule has 0 bridgehead atoms. The number of hydrogen-bond donors (Lipinski definition) is 1. The van der Waals surface area contributed by atoms with Crippen molar-refractivity contribution in [2.24, 2.45) is 11.8 Å². The number of nitrogens with one attached hydrogen (secondary N) is 1. The molecule has 180 valence electrons. The van der Waals surface area contributed by atoms with E-state index in [-0.39, 0.29) is 23.5 Å². The average molecular weight is 465 g/mol. The highest BCUT2D eigenvalue weighted by Crippen LogP contribution is 2.52. The summed E-state index contributed by atoms with van der Waals surface area (Å²) in [5.74, 6) is 1.09. The number of nitrogens with zero attached hydrogens (tertiary/aromatic N) is 1. The number of benzene rings is 1. The minimum Gasteiger partial charge on any atom is -0.504 e. The van der Waals surface area contributed by atoms with E-state index in [1.165, 1.54) is 0 Å². The third-order valence-corrected chi connectivity index (χ3v) is 8.08. The molecule has 2 aromatic rings. The lowest BCUT2D eigenvalue weighted by atomic mass is 9.71. The number of Topliss-reactive ketones (excluding diaryl/α,β-unsaturated/α-hetero) is 2. The molecule has 5 rings (SSSR count). The Kier molecular flexibility index (Phi) is 5.76. The van der Waals surface area contributed by atoms with Gasteiger partial charge in [-0.3, -0.25) is 14.5 Å². The lowest BCUT2D eigenvalue weighted by molar-refractivity contribution is -0.114. The predicted molar refractivity (Wildman–Crippen MR) is 129 cm³/mol. The fourth-order valence-electron chi connectivity index (χ4n) is 6.44. The van der Waals surface area contributed by atoms with E-state index in [2.05, 4.69) is 17.1 Å². The molecular formula is C27H32N2O5. The first-order valence-electron chi connectivity index (χ1n) is 12.0. The number of carbonyl (C=O) groups excluding carboxylic acids is 2. The van der Waals surface area contributed by atoms with Crippen molar-refractivity contribution in [3.63, 3.8) is 0 Å². The Morgan fingerprint density at radius 1 is 1.32 bits per heavy atom. The molecule has 0 amide bonds. The van der Waals surface area contributed by atoms with Gasteiger partial charge in [0.25, 0.3) is 0 Å². The number of ketones is 2. The Balaban J connectivity index is 1.54. The third kappa shape index (κ3) is 3.28. The molecule has 1 N–H and O–H groups in total. The molecule has 7 heteroatoms. The molecule has 3 aliphatic heterocycles. The van der Waals surface area contributed by atoms with Gasteiger partial charge < -0.3 is 19.2 Å². The zero-order valence-corrected chi connectivity index (χ0v) is 20.2. The average Bonchev–Trinajstić information content (AvgIpc) is 3.56. The fourth-order valence-corrected chi connectivity index (χ4v) is 6.44. The third-order valence-electron chi connectivity index (χ3n) is 8.08. The van der Waals surface area contributed by atoms with Crippen LogP contribution in [0.5, 0.6) is 5.75 Å².